The molecule has 2 atom stereocenters. The van der Waals surface area contributed by atoms with E-state index in [0.29, 0.717) is 49.8 Å². The standard InChI is InChI=1S/C26H38N4O4/c1-7-22(31)30-14-13-29(15-18(30)5)16-21-23(25(32)34-8-2)24(27-26(33)28(21)6)20-11-9-19(10-12-20)17(3)4/h9-12,17-18,24H,7-8,13-16H2,1-6H3,(H,27,33). The van der Waals surface area contributed by atoms with Crippen molar-refractivity contribution in [2.75, 3.05) is 39.8 Å². The minimum absolute atomic E-state index is 0.0648. The summed E-state index contributed by atoms with van der Waals surface area (Å²) in [6, 6.07) is 7.25. The Balaban J connectivity index is 1.95. The fraction of sp³-hybridized carbons (Fsp3) is 0.577. The average molecular weight is 471 g/mol. The first-order chi connectivity index (χ1) is 16.2. The molecule has 0 bridgehead atoms. The number of nitrogens with one attached hydrogen (secondary N) is 1. The third-order valence-corrected chi connectivity index (χ3v) is 6.72. The molecule has 1 saturated heterocycles. The number of nitrogens with zero attached hydrogens (tertiary/aromatic N) is 3. The molecule has 186 valence electrons. The number of hydrogen-bond acceptors (Lipinski definition) is 5. The molecule has 1 aromatic carbocycles. The van der Waals surface area contributed by atoms with Crippen molar-refractivity contribution >= 4 is 17.9 Å². The Bertz CT molecular complexity index is 941. The summed E-state index contributed by atoms with van der Waals surface area (Å²) in [6.07, 6.45) is 0.489. The number of urea groups is 1. The highest BCUT2D eigenvalue weighted by Gasteiger charge is 2.38. The van der Waals surface area contributed by atoms with Crippen LogP contribution in [0.5, 0.6) is 0 Å². The van der Waals surface area contributed by atoms with E-state index in [-0.39, 0.29) is 24.6 Å². The van der Waals surface area contributed by atoms with Crippen LogP contribution in [0.25, 0.3) is 0 Å². The van der Waals surface area contributed by atoms with Crippen LogP contribution in [-0.4, -0.2) is 78.5 Å². The van der Waals surface area contributed by atoms with E-state index in [9.17, 15) is 14.4 Å². The molecule has 0 radical (unpaired) electrons. The van der Waals surface area contributed by atoms with Gasteiger partial charge in [-0.3, -0.25) is 14.6 Å². The lowest BCUT2D eigenvalue weighted by Crippen LogP contribution is -2.56. The maximum Gasteiger partial charge on any atom is 0.338 e. The summed E-state index contributed by atoms with van der Waals surface area (Å²) < 4.78 is 5.44. The van der Waals surface area contributed by atoms with Gasteiger partial charge >= 0.3 is 12.0 Å². The van der Waals surface area contributed by atoms with Crippen molar-refractivity contribution in [3.8, 4) is 0 Å². The lowest BCUT2D eigenvalue weighted by Gasteiger charge is -2.42. The van der Waals surface area contributed by atoms with Crippen molar-refractivity contribution in [1.29, 1.82) is 0 Å². The molecule has 1 N–H and O–H groups in total. The molecule has 0 spiro atoms. The number of likely N-dealkylation sites (N-methyl/N-ethyl adjacent to an activating group) is 1. The fourth-order valence-corrected chi connectivity index (χ4v) is 4.68. The third kappa shape index (κ3) is 5.43. The molecule has 3 rings (SSSR count). The number of benzene rings is 1. The molecule has 1 aromatic rings. The maximum atomic E-state index is 13.2. The maximum absolute atomic E-state index is 13.2. The van der Waals surface area contributed by atoms with Crippen molar-refractivity contribution in [3.05, 3.63) is 46.7 Å². The van der Waals surface area contributed by atoms with Gasteiger partial charge in [-0.15, -0.1) is 0 Å². The van der Waals surface area contributed by atoms with Gasteiger partial charge in [0.15, 0.2) is 0 Å². The summed E-state index contributed by atoms with van der Waals surface area (Å²) >= 11 is 0. The molecule has 34 heavy (non-hydrogen) atoms. The highest BCUT2D eigenvalue weighted by atomic mass is 16.5. The molecule has 0 saturated carbocycles. The molecule has 2 unspecified atom stereocenters. The van der Waals surface area contributed by atoms with Gasteiger partial charge < -0.3 is 15.0 Å². The molecular weight excluding hydrogens is 432 g/mol. The number of carbonyl (C=O) groups is 3. The second kappa shape index (κ2) is 11.0. The number of amides is 3. The molecule has 2 aliphatic heterocycles. The van der Waals surface area contributed by atoms with E-state index in [1.165, 1.54) is 10.5 Å². The largest absolute Gasteiger partial charge is 0.463 e. The van der Waals surface area contributed by atoms with Gasteiger partial charge in [0.25, 0.3) is 0 Å². The number of esters is 1. The number of rotatable bonds is 7. The molecule has 2 heterocycles. The Morgan fingerprint density at radius 2 is 1.82 bits per heavy atom. The minimum Gasteiger partial charge on any atom is -0.463 e. The van der Waals surface area contributed by atoms with Crippen LogP contribution in [0, 0.1) is 0 Å². The SMILES string of the molecule is CCOC(=O)C1=C(CN2CCN(C(=O)CC)C(C)C2)N(C)C(=O)NC1c1ccc(C(C)C)cc1. The molecule has 1 fully saturated rings. The van der Waals surface area contributed by atoms with Gasteiger partial charge in [-0.1, -0.05) is 45.0 Å². The van der Waals surface area contributed by atoms with E-state index < -0.39 is 12.0 Å². The van der Waals surface area contributed by atoms with Gasteiger partial charge in [-0.05, 0) is 30.9 Å². The third-order valence-electron chi connectivity index (χ3n) is 6.72. The van der Waals surface area contributed by atoms with E-state index in [4.69, 9.17) is 4.74 Å². The van der Waals surface area contributed by atoms with E-state index in [2.05, 4.69) is 24.1 Å². The van der Waals surface area contributed by atoms with Crippen LogP contribution in [0.1, 0.15) is 64.1 Å². The van der Waals surface area contributed by atoms with Crippen molar-refractivity contribution in [2.24, 2.45) is 0 Å². The monoisotopic (exact) mass is 470 g/mol. The molecular formula is C26H38N4O4. The van der Waals surface area contributed by atoms with E-state index in [0.717, 1.165) is 5.56 Å². The van der Waals surface area contributed by atoms with Crippen molar-refractivity contribution < 1.29 is 19.1 Å². The van der Waals surface area contributed by atoms with Gasteiger partial charge in [-0.2, -0.15) is 0 Å². The Morgan fingerprint density at radius 1 is 1.15 bits per heavy atom. The van der Waals surface area contributed by atoms with Gasteiger partial charge in [0, 0.05) is 51.4 Å². The normalized spacial score (nSPS) is 21.7. The van der Waals surface area contributed by atoms with Gasteiger partial charge in [0.05, 0.1) is 18.2 Å². The van der Waals surface area contributed by atoms with Gasteiger partial charge in [-0.25, -0.2) is 9.59 Å². The summed E-state index contributed by atoms with van der Waals surface area (Å²) in [7, 11) is 1.68. The first kappa shape index (κ1) is 25.7. The van der Waals surface area contributed by atoms with Crippen LogP contribution in [0.3, 0.4) is 0 Å². The number of piperazine rings is 1. The number of hydrogen-bond donors (Lipinski definition) is 1. The van der Waals surface area contributed by atoms with E-state index in [1.54, 1.807) is 14.0 Å². The quantitative estimate of drug-likeness (QED) is 0.619. The number of carbonyl (C=O) groups excluding carboxylic acids is 3. The average Bonchev–Trinajstić information content (AvgIpc) is 2.81. The summed E-state index contributed by atoms with van der Waals surface area (Å²) in [6.45, 7) is 12.6. The predicted molar refractivity (Wildman–Crippen MR) is 131 cm³/mol. The van der Waals surface area contributed by atoms with Crippen LogP contribution in [0.15, 0.2) is 35.5 Å². The van der Waals surface area contributed by atoms with Gasteiger partial charge in [0.2, 0.25) is 5.91 Å². The van der Waals surface area contributed by atoms with E-state index in [1.807, 2.05) is 43.0 Å². The molecule has 3 amide bonds. The lowest BCUT2D eigenvalue weighted by molar-refractivity contribution is -0.139. The molecule has 2 aliphatic rings. The van der Waals surface area contributed by atoms with Crippen LogP contribution in [-0.2, 0) is 14.3 Å². The second-order valence-corrected chi connectivity index (χ2v) is 9.37. The first-order valence-corrected chi connectivity index (χ1v) is 12.2. The summed E-state index contributed by atoms with van der Waals surface area (Å²) in [5.74, 6) is 0.116. The predicted octanol–water partition coefficient (Wildman–Crippen LogP) is 3.27. The number of ether oxygens (including phenoxy) is 1. The zero-order chi connectivity index (χ0) is 25.0. The highest BCUT2D eigenvalue weighted by Crippen LogP contribution is 2.32. The molecule has 0 aromatic heterocycles. The fourth-order valence-electron chi connectivity index (χ4n) is 4.68. The second-order valence-electron chi connectivity index (χ2n) is 9.37. The summed E-state index contributed by atoms with van der Waals surface area (Å²) in [5, 5.41) is 2.98. The zero-order valence-electron chi connectivity index (χ0n) is 21.3. The topological polar surface area (TPSA) is 82.2 Å². The molecule has 8 heteroatoms. The summed E-state index contributed by atoms with van der Waals surface area (Å²) in [4.78, 5) is 44.0. The lowest BCUT2D eigenvalue weighted by atomic mass is 9.92. The van der Waals surface area contributed by atoms with Crippen LogP contribution >= 0.6 is 0 Å². The minimum atomic E-state index is -0.584. The Morgan fingerprint density at radius 3 is 2.38 bits per heavy atom. The molecule has 0 aliphatic carbocycles. The van der Waals surface area contributed by atoms with Crippen molar-refractivity contribution in [2.45, 2.75) is 59.0 Å². The van der Waals surface area contributed by atoms with Crippen molar-refractivity contribution in [1.82, 2.24) is 20.0 Å². The zero-order valence-corrected chi connectivity index (χ0v) is 21.3. The Kier molecular flexibility index (Phi) is 8.36. The first-order valence-electron chi connectivity index (χ1n) is 12.2. The Labute approximate surface area is 202 Å². The highest BCUT2D eigenvalue weighted by molar-refractivity contribution is 5.95. The van der Waals surface area contributed by atoms with Crippen LogP contribution < -0.4 is 5.32 Å². The van der Waals surface area contributed by atoms with Crippen LogP contribution in [0.4, 0.5) is 4.79 Å². The molecule has 8 nitrogen and oxygen atoms in total. The summed E-state index contributed by atoms with van der Waals surface area (Å²) in [5.41, 5.74) is 3.14. The van der Waals surface area contributed by atoms with E-state index >= 15 is 0 Å². The smallest absolute Gasteiger partial charge is 0.338 e. The van der Waals surface area contributed by atoms with Crippen LogP contribution in [0.2, 0.25) is 0 Å². The van der Waals surface area contributed by atoms with Crippen molar-refractivity contribution in [3.63, 3.8) is 0 Å². The Hall–Kier alpha value is -2.87. The van der Waals surface area contributed by atoms with Gasteiger partial charge in [0.1, 0.15) is 0 Å².